The second-order valence-corrected chi connectivity index (χ2v) is 7.56. The Kier molecular flexibility index (Phi) is 5.91. The molecule has 0 radical (unpaired) electrons. The summed E-state index contributed by atoms with van der Waals surface area (Å²) < 4.78 is 13.3. The molecule has 5 nitrogen and oxygen atoms in total. The van der Waals surface area contributed by atoms with Gasteiger partial charge in [-0.2, -0.15) is 0 Å². The lowest BCUT2D eigenvalue weighted by atomic mass is 9.91. The van der Waals surface area contributed by atoms with Crippen molar-refractivity contribution in [1.82, 2.24) is 10.2 Å². The van der Waals surface area contributed by atoms with E-state index in [9.17, 15) is 19.1 Å². The Bertz CT molecular complexity index is 639. The number of carbonyl (C=O) groups is 2. The summed E-state index contributed by atoms with van der Waals surface area (Å²) in [5, 5.41) is 12.4. The fraction of sp³-hybridized carbons (Fsp3) is 0.600. The van der Waals surface area contributed by atoms with E-state index in [2.05, 4.69) is 5.32 Å². The lowest BCUT2D eigenvalue weighted by molar-refractivity contribution is -0.143. The second-order valence-electron chi connectivity index (χ2n) is 7.56. The van der Waals surface area contributed by atoms with Crippen molar-refractivity contribution in [2.75, 3.05) is 6.54 Å². The molecule has 2 unspecified atom stereocenters. The molecule has 0 spiro atoms. The van der Waals surface area contributed by atoms with Gasteiger partial charge in [0.05, 0.1) is 12.6 Å². The molecule has 1 aromatic rings. The number of rotatable bonds is 8. The van der Waals surface area contributed by atoms with E-state index in [1.165, 1.54) is 12.1 Å². The molecule has 2 fully saturated rings. The molecule has 3 rings (SSSR count). The van der Waals surface area contributed by atoms with E-state index in [4.69, 9.17) is 0 Å². The van der Waals surface area contributed by atoms with Crippen molar-refractivity contribution in [3.8, 4) is 0 Å². The predicted octanol–water partition coefficient (Wildman–Crippen LogP) is 3.11. The number of carboxylic acids is 1. The van der Waals surface area contributed by atoms with Gasteiger partial charge in [-0.25, -0.2) is 4.39 Å². The van der Waals surface area contributed by atoms with Crippen molar-refractivity contribution in [1.29, 1.82) is 0 Å². The molecule has 0 bridgehead atoms. The summed E-state index contributed by atoms with van der Waals surface area (Å²) in [5.74, 6) is -1.02. The quantitative estimate of drug-likeness (QED) is 0.746. The summed E-state index contributed by atoms with van der Waals surface area (Å²) in [7, 11) is 0. The summed E-state index contributed by atoms with van der Waals surface area (Å²) >= 11 is 0. The second kappa shape index (κ2) is 8.16. The molecule has 0 aliphatic heterocycles. The highest BCUT2D eigenvalue weighted by Gasteiger charge is 2.37. The number of carboxylic acid groups (broad SMARTS) is 1. The fourth-order valence-corrected chi connectivity index (χ4v) is 3.95. The van der Waals surface area contributed by atoms with E-state index in [-0.39, 0.29) is 30.4 Å². The molecule has 1 aromatic carbocycles. The zero-order valence-electron chi connectivity index (χ0n) is 15.2. The summed E-state index contributed by atoms with van der Waals surface area (Å²) in [6.07, 6.45) is 6.25. The highest BCUT2D eigenvalue weighted by atomic mass is 19.1. The third-order valence-corrected chi connectivity index (χ3v) is 5.61. The minimum absolute atomic E-state index is 0.0859. The SMILES string of the molecule is CC(C(=O)O)N(CC(=O)NC(c1ccc(F)cc1)C1CCCC1)C1CC1. The number of carbonyl (C=O) groups excluding carboxylic acids is 1. The monoisotopic (exact) mass is 362 g/mol. The van der Waals surface area contributed by atoms with Crippen LogP contribution >= 0.6 is 0 Å². The molecular formula is C20H27FN2O3. The molecule has 2 atom stereocenters. The van der Waals surface area contributed by atoms with Crippen LogP contribution in [0.5, 0.6) is 0 Å². The van der Waals surface area contributed by atoms with Crippen LogP contribution in [0.25, 0.3) is 0 Å². The number of aliphatic carboxylic acids is 1. The molecule has 2 N–H and O–H groups in total. The standard InChI is InChI=1S/C20H27FN2O3/c1-13(20(25)26)23(17-10-11-17)12-18(24)22-19(14-4-2-3-5-14)15-6-8-16(21)9-7-15/h6-9,13-14,17,19H,2-5,10-12H2,1H3,(H,22,24)(H,25,26). The summed E-state index contributed by atoms with van der Waals surface area (Å²) in [4.78, 5) is 25.8. The van der Waals surface area contributed by atoms with Crippen molar-refractivity contribution < 1.29 is 19.1 Å². The summed E-state index contributed by atoms with van der Waals surface area (Å²) in [6, 6.07) is 5.67. The van der Waals surface area contributed by atoms with Crippen LogP contribution in [0.2, 0.25) is 0 Å². The van der Waals surface area contributed by atoms with E-state index in [0.29, 0.717) is 5.92 Å². The zero-order chi connectivity index (χ0) is 18.7. The minimum atomic E-state index is -0.907. The molecular weight excluding hydrogens is 335 g/mol. The molecule has 0 saturated heterocycles. The molecule has 1 amide bonds. The Hall–Kier alpha value is -1.95. The maximum atomic E-state index is 13.3. The van der Waals surface area contributed by atoms with Crippen LogP contribution in [-0.4, -0.2) is 40.5 Å². The highest BCUT2D eigenvalue weighted by molar-refractivity contribution is 5.80. The maximum absolute atomic E-state index is 13.3. The van der Waals surface area contributed by atoms with Crippen molar-refractivity contribution >= 4 is 11.9 Å². The van der Waals surface area contributed by atoms with Crippen LogP contribution in [-0.2, 0) is 9.59 Å². The molecule has 2 aliphatic rings. The van der Waals surface area contributed by atoms with Crippen LogP contribution in [0.3, 0.4) is 0 Å². The average molecular weight is 362 g/mol. The van der Waals surface area contributed by atoms with E-state index < -0.39 is 12.0 Å². The number of halogens is 1. The molecule has 142 valence electrons. The smallest absolute Gasteiger partial charge is 0.320 e. The largest absolute Gasteiger partial charge is 0.480 e. The van der Waals surface area contributed by atoms with Crippen LogP contribution in [0.1, 0.15) is 57.1 Å². The van der Waals surface area contributed by atoms with Gasteiger partial charge in [0, 0.05) is 6.04 Å². The first-order valence-electron chi connectivity index (χ1n) is 9.49. The molecule has 6 heteroatoms. The van der Waals surface area contributed by atoms with Crippen LogP contribution in [0.4, 0.5) is 4.39 Å². The number of nitrogens with one attached hydrogen (secondary N) is 1. The molecule has 0 heterocycles. The van der Waals surface area contributed by atoms with Crippen molar-refractivity contribution in [3.63, 3.8) is 0 Å². The Labute approximate surface area is 153 Å². The van der Waals surface area contributed by atoms with Gasteiger partial charge >= 0.3 is 5.97 Å². The van der Waals surface area contributed by atoms with Gasteiger partial charge in [0.2, 0.25) is 5.91 Å². The van der Waals surface area contributed by atoms with E-state index >= 15 is 0 Å². The zero-order valence-corrected chi connectivity index (χ0v) is 15.2. The van der Waals surface area contributed by atoms with E-state index in [0.717, 1.165) is 44.1 Å². The van der Waals surface area contributed by atoms with Crippen LogP contribution in [0.15, 0.2) is 24.3 Å². The third kappa shape index (κ3) is 4.61. The van der Waals surface area contributed by atoms with E-state index in [1.807, 2.05) is 0 Å². The lowest BCUT2D eigenvalue weighted by Crippen LogP contribution is -2.47. The van der Waals surface area contributed by atoms with Gasteiger partial charge < -0.3 is 10.4 Å². The third-order valence-electron chi connectivity index (χ3n) is 5.61. The van der Waals surface area contributed by atoms with Gasteiger partial charge in [0.25, 0.3) is 0 Å². The number of nitrogens with zero attached hydrogens (tertiary/aromatic N) is 1. The number of hydrogen-bond acceptors (Lipinski definition) is 3. The summed E-state index contributed by atoms with van der Waals surface area (Å²) in [6.45, 7) is 1.71. The van der Waals surface area contributed by atoms with Crippen molar-refractivity contribution in [2.24, 2.45) is 5.92 Å². The molecule has 2 saturated carbocycles. The minimum Gasteiger partial charge on any atom is -0.480 e. The number of amides is 1. The first-order valence-corrected chi connectivity index (χ1v) is 9.49. The van der Waals surface area contributed by atoms with E-state index in [1.54, 1.807) is 24.0 Å². The molecule has 2 aliphatic carbocycles. The Balaban J connectivity index is 1.70. The van der Waals surface area contributed by atoms with Gasteiger partial charge in [-0.3, -0.25) is 14.5 Å². The predicted molar refractivity (Wildman–Crippen MR) is 96.1 cm³/mol. The molecule has 0 aromatic heterocycles. The van der Waals surface area contributed by atoms with Crippen LogP contribution in [0, 0.1) is 11.7 Å². The van der Waals surface area contributed by atoms with Crippen molar-refractivity contribution in [2.45, 2.75) is 63.6 Å². The van der Waals surface area contributed by atoms with Gasteiger partial charge in [-0.15, -0.1) is 0 Å². The normalized spacial score (nSPS) is 20.1. The summed E-state index contributed by atoms with van der Waals surface area (Å²) in [5.41, 5.74) is 0.913. The average Bonchev–Trinajstić information content (AvgIpc) is 3.31. The Morgan fingerprint density at radius 2 is 1.81 bits per heavy atom. The van der Waals surface area contributed by atoms with Crippen LogP contribution < -0.4 is 5.32 Å². The van der Waals surface area contributed by atoms with Gasteiger partial charge in [0.1, 0.15) is 11.9 Å². The fourth-order valence-electron chi connectivity index (χ4n) is 3.95. The van der Waals surface area contributed by atoms with Gasteiger partial charge in [-0.1, -0.05) is 25.0 Å². The topological polar surface area (TPSA) is 69.6 Å². The number of benzene rings is 1. The van der Waals surface area contributed by atoms with Gasteiger partial charge in [0.15, 0.2) is 0 Å². The Morgan fingerprint density at radius 3 is 2.35 bits per heavy atom. The lowest BCUT2D eigenvalue weighted by Gasteiger charge is -2.29. The molecule has 26 heavy (non-hydrogen) atoms. The van der Waals surface area contributed by atoms with Crippen molar-refractivity contribution in [3.05, 3.63) is 35.6 Å². The highest BCUT2D eigenvalue weighted by Crippen LogP contribution is 2.36. The first-order chi connectivity index (χ1) is 12.5. The Morgan fingerprint density at radius 1 is 1.19 bits per heavy atom. The maximum Gasteiger partial charge on any atom is 0.320 e. The number of hydrogen-bond donors (Lipinski definition) is 2. The van der Waals surface area contributed by atoms with Gasteiger partial charge in [-0.05, 0) is 56.2 Å². The first kappa shape index (κ1) is 18.8.